The van der Waals surface area contributed by atoms with Crippen LogP contribution in [0.15, 0.2) is 59.8 Å². The molecule has 1 aliphatic rings. The number of nitrogens with zero attached hydrogens (tertiary/aromatic N) is 4. The van der Waals surface area contributed by atoms with E-state index in [-0.39, 0.29) is 18.5 Å². The van der Waals surface area contributed by atoms with E-state index in [4.69, 9.17) is 11.6 Å². The number of hydrogen-bond acceptors (Lipinski definition) is 5. The number of rotatable bonds is 7. The molecule has 2 aromatic carbocycles. The normalized spacial score (nSPS) is 13.8. The number of halogens is 1. The van der Waals surface area contributed by atoms with Crippen molar-refractivity contribution in [2.75, 3.05) is 18.8 Å². The molecule has 0 saturated carbocycles. The second kappa shape index (κ2) is 8.67. The Labute approximate surface area is 177 Å². The van der Waals surface area contributed by atoms with Crippen LogP contribution in [0.4, 0.5) is 4.79 Å². The number of hydrogen-bond donors (Lipinski definition) is 1. The molecule has 3 amide bonds. The van der Waals surface area contributed by atoms with E-state index in [1.54, 1.807) is 0 Å². The van der Waals surface area contributed by atoms with Crippen molar-refractivity contribution in [3.63, 3.8) is 0 Å². The van der Waals surface area contributed by atoms with E-state index in [0.717, 1.165) is 22.1 Å². The zero-order valence-electron chi connectivity index (χ0n) is 15.4. The van der Waals surface area contributed by atoms with Gasteiger partial charge in [0.1, 0.15) is 0 Å². The average molecular weight is 428 g/mol. The standard InChI is InChI=1S/C20H18ClN5O2S/c21-16-8-6-15(7-9-16)18-23-24-20(26(18)13-14-4-2-1-3-5-14)29-11-10-25-17(27)12-22-19(25)28/h1-9H,10-13H2,(H,22,28). The van der Waals surface area contributed by atoms with Crippen LogP contribution in [-0.2, 0) is 11.3 Å². The molecule has 0 bridgehead atoms. The Bertz CT molecular complexity index is 1010. The molecule has 0 spiro atoms. The SMILES string of the molecule is O=C1CNC(=O)N1CCSc1nnc(-c2ccc(Cl)cc2)n1Cc1ccccc1. The highest BCUT2D eigenvalue weighted by molar-refractivity contribution is 7.99. The van der Waals surface area contributed by atoms with Crippen LogP contribution >= 0.6 is 23.4 Å². The number of carbonyl (C=O) groups excluding carboxylic acids is 2. The molecule has 148 valence electrons. The smallest absolute Gasteiger partial charge is 0.324 e. The van der Waals surface area contributed by atoms with E-state index in [2.05, 4.69) is 15.5 Å². The minimum atomic E-state index is -0.344. The summed E-state index contributed by atoms with van der Waals surface area (Å²) in [5.41, 5.74) is 2.04. The quantitative estimate of drug-likeness (QED) is 0.462. The molecule has 0 radical (unpaired) electrons. The van der Waals surface area contributed by atoms with Crippen molar-refractivity contribution in [2.45, 2.75) is 11.7 Å². The van der Waals surface area contributed by atoms with Gasteiger partial charge in [0.2, 0.25) is 5.91 Å². The summed E-state index contributed by atoms with van der Waals surface area (Å²) in [6.45, 7) is 0.996. The third-order valence-corrected chi connectivity index (χ3v) is 5.68. The molecule has 0 atom stereocenters. The highest BCUT2D eigenvalue weighted by Gasteiger charge is 2.28. The van der Waals surface area contributed by atoms with Gasteiger partial charge in [-0.25, -0.2) is 4.79 Å². The van der Waals surface area contributed by atoms with Gasteiger partial charge in [-0.1, -0.05) is 53.7 Å². The van der Waals surface area contributed by atoms with Crippen molar-refractivity contribution in [3.8, 4) is 11.4 Å². The Balaban J connectivity index is 1.56. The number of aromatic nitrogens is 3. The monoisotopic (exact) mass is 427 g/mol. The fourth-order valence-corrected chi connectivity index (χ4v) is 4.01. The lowest BCUT2D eigenvalue weighted by molar-refractivity contribution is -0.124. The van der Waals surface area contributed by atoms with E-state index >= 15 is 0 Å². The number of thioether (sulfide) groups is 1. The molecule has 1 aromatic heterocycles. The lowest BCUT2D eigenvalue weighted by atomic mass is 10.2. The van der Waals surface area contributed by atoms with E-state index in [1.807, 2.05) is 59.2 Å². The van der Waals surface area contributed by atoms with Gasteiger partial charge in [0.15, 0.2) is 11.0 Å². The number of imide groups is 1. The predicted molar refractivity (Wildman–Crippen MR) is 112 cm³/mol. The summed E-state index contributed by atoms with van der Waals surface area (Å²) in [5.74, 6) is 1.07. The fraction of sp³-hybridized carbons (Fsp3) is 0.200. The van der Waals surface area contributed by atoms with Crippen molar-refractivity contribution in [1.82, 2.24) is 25.0 Å². The van der Waals surface area contributed by atoms with Gasteiger partial charge in [-0.3, -0.25) is 14.3 Å². The third-order valence-electron chi connectivity index (χ3n) is 4.49. The van der Waals surface area contributed by atoms with Crippen LogP contribution in [0.3, 0.4) is 0 Å². The second-order valence-corrected chi connectivity index (χ2v) is 7.94. The van der Waals surface area contributed by atoms with Crippen LogP contribution in [0.2, 0.25) is 5.02 Å². The highest BCUT2D eigenvalue weighted by Crippen LogP contribution is 2.26. The van der Waals surface area contributed by atoms with Crippen molar-refractivity contribution in [1.29, 1.82) is 0 Å². The van der Waals surface area contributed by atoms with Crippen LogP contribution < -0.4 is 5.32 Å². The van der Waals surface area contributed by atoms with Crippen LogP contribution in [-0.4, -0.2) is 50.4 Å². The number of carbonyl (C=O) groups is 2. The van der Waals surface area contributed by atoms with E-state index in [1.165, 1.54) is 16.7 Å². The number of urea groups is 1. The zero-order valence-corrected chi connectivity index (χ0v) is 17.0. The summed E-state index contributed by atoms with van der Waals surface area (Å²) < 4.78 is 2.04. The Morgan fingerprint density at radius 3 is 2.48 bits per heavy atom. The summed E-state index contributed by atoms with van der Waals surface area (Å²) in [6.07, 6.45) is 0. The molecular formula is C20H18ClN5O2S. The first-order valence-corrected chi connectivity index (χ1v) is 10.4. The molecule has 9 heteroatoms. The van der Waals surface area contributed by atoms with Crippen LogP contribution in [0.1, 0.15) is 5.56 Å². The van der Waals surface area contributed by atoms with Crippen molar-refractivity contribution in [3.05, 3.63) is 65.2 Å². The lowest BCUT2D eigenvalue weighted by Gasteiger charge is -2.13. The van der Waals surface area contributed by atoms with Gasteiger partial charge in [-0.2, -0.15) is 0 Å². The van der Waals surface area contributed by atoms with Crippen LogP contribution in [0.25, 0.3) is 11.4 Å². The first kappa shape index (κ1) is 19.5. The van der Waals surface area contributed by atoms with E-state index < -0.39 is 0 Å². The lowest BCUT2D eigenvalue weighted by Crippen LogP contribution is -2.32. The average Bonchev–Trinajstić information content (AvgIpc) is 3.27. The molecule has 1 aliphatic heterocycles. The molecule has 0 unspecified atom stereocenters. The Morgan fingerprint density at radius 1 is 1.03 bits per heavy atom. The molecule has 1 N–H and O–H groups in total. The van der Waals surface area contributed by atoms with Crippen molar-refractivity contribution >= 4 is 35.3 Å². The topological polar surface area (TPSA) is 80.1 Å². The van der Waals surface area contributed by atoms with E-state index in [9.17, 15) is 9.59 Å². The highest BCUT2D eigenvalue weighted by atomic mass is 35.5. The minimum absolute atomic E-state index is 0.0639. The van der Waals surface area contributed by atoms with Crippen LogP contribution in [0.5, 0.6) is 0 Å². The Morgan fingerprint density at radius 2 is 1.79 bits per heavy atom. The van der Waals surface area contributed by atoms with E-state index in [0.29, 0.717) is 23.9 Å². The Kier molecular flexibility index (Phi) is 5.82. The van der Waals surface area contributed by atoms with Gasteiger partial charge >= 0.3 is 6.03 Å². The van der Waals surface area contributed by atoms with Gasteiger partial charge < -0.3 is 5.32 Å². The minimum Gasteiger partial charge on any atom is -0.329 e. The van der Waals surface area contributed by atoms with Gasteiger partial charge in [0.25, 0.3) is 0 Å². The first-order valence-electron chi connectivity index (χ1n) is 9.06. The molecule has 1 fully saturated rings. The summed E-state index contributed by atoms with van der Waals surface area (Å²) in [6, 6.07) is 17.2. The van der Waals surface area contributed by atoms with Crippen molar-refractivity contribution in [2.24, 2.45) is 0 Å². The maximum Gasteiger partial charge on any atom is 0.324 e. The molecule has 3 aromatic rings. The fourth-order valence-electron chi connectivity index (χ4n) is 3.03. The Hall–Kier alpha value is -2.84. The maximum absolute atomic E-state index is 11.7. The van der Waals surface area contributed by atoms with Crippen molar-refractivity contribution < 1.29 is 9.59 Å². The second-order valence-electron chi connectivity index (χ2n) is 6.44. The first-order chi connectivity index (χ1) is 14.1. The predicted octanol–water partition coefficient (Wildman–Crippen LogP) is 3.29. The molecule has 7 nitrogen and oxygen atoms in total. The zero-order chi connectivity index (χ0) is 20.2. The third kappa shape index (κ3) is 4.44. The van der Waals surface area contributed by atoms with Gasteiger partial charge in [0, 0.05) is 22.9 Å². The molecule has 4 rings (SSSR count). The summed E-state index contributed by atoms with van der Waals surface area (Å²) in [5, 5.41) is 12.6. The molecule has 29 heavy (non-hydrogen) atoms. The molecular weight excluding hydrogens is 410 g/mol. The molecule has 1 saturated heterocycles. The van der Waals surface area contributed by atoms with Gasteiger partial charge in [0.05, 0.1) is 13.1 Å². The van der Waals surface area contributed by atoms with Crippen LogP contribution in [0, 0.1) is 0 Å². The summed E-state index contributed by atoms with van der Waals surface area (Å²) >= 11 is 7.48. The molecule has 2 heterocycles. The summed E-state index contributed by atoms with van der Waals surface area (Å²) in [7, 11) is 0. The molecule has 0 aliphatic carbocycles. The van der Waals surface area contributed by atoms with Gasteiger partial charge in [-0.15, -0.1) is 10.2 Å². The maximum atomic E-state index is 11.7. The number of benzene rings is 2. The largest absolute Gasteiger partial charge is 0.329 e. The number of nitrogens with one attached hydrogen (secondary N) is 1. The number of amides is 3. The van der Waals surface area contributed by atoms with Gasteiger partial charge in [-0.05, 0) is 29.8 Å². The summed E-state index contributed by atoms with van der Waals surface area (Å²) in [4.78, 5) is 24.7.